The van der Waals surface area contributed by atoms with Crippen molar-refractivity contribution in [1.82, 2.24) is 14.9 Å². The predicted molar refractivity (Wildman–Crippen MR) is 118 cm³/mol. The molecule has 0 aliphatic heterocycles. The maximum atomic E-state index is 13.0. The van der Waals surface area contributed by atoms with Crippen molar-refractivity contribution >= 4 is 58.2 Å². The molecular formula is C18H16Cl2FN7OS. The SMILES string of the molecule is C/C(=N\Nc1nnc(SCC(=O)Nc2cccc(Cl)c2Cl)n1N)c1ccc(F)cc1. The number of thioether (sulfide) groups is 1. The Hall–Kier alpha value is -2.82. The highest BCUT2D eigenvalue weighted by atomic mass is 35.5. The summed E-state index contributed by atoms with van der Waals surface area (Å²) in [5, 5.41) is 15.6. The smallest absolute Gasteiger partial charge is 0.264 e. The summed E-state index contributed by atoms with van der Waals surface area (Å²) in [6, 6.07) is 10.8. The zero-order valence-electron chi connectivity index (χ0n) is 15.6. The van der Waals surface area contributed by atoms with Gasteiger partial charge in [0.15, 0.2) is 0 Å². The van der Waals surface area contributed by atoms with Gasteiger partial charge in [-0.2, -0.15) is 5.10 Å². The third-order valence-corrected chi connectivity index (χ3v) is 5.57. The molecule has 0 aliphatic rings. The van der Waals surface area contributed by atoms with E-state index >= 15 is 0 Å². The summed E-state index contributed by atoms with van der Waals surface area (Å²) >= 11 is 13.1. The van der Waals surface area contributed by atoms with Gasteiger partial charge < -0.3 is 11.2 Å². The van der Waals surface area contributed by atoms with Gasteiger partial charge in [-0.25, -0.2) is 14.5 Å². The van der Waals surface area contributed by atoms with Gasteiger partial charge in [0.25, 0.3) is 5.95 Å². The standard InChI is InChI=1S/C18H16Cl2FN7OS/c1-10(11-5-7-12(21)8-6-11)24-25-17-26-27-18(28(17)22)30-9-15(29)23-14-4-2-3-13(19)16(14)20/h2-8H,9,22H2,1H3,(H,23,29)(H,25,26)/b24-10+. The highest BCUT2D eigenvalue weighted by molar-refractivity contribution is 7.99. The average Bonchev–Trinajstić information content (AvgIpc) is 3.08. The number of halogens is 3. The molecule has 30 heavy (non-hydrogen) atoms. The third kappa shape index (κ3) is 5.41. The molecule has 0 radical (unpaired) electrons. The van der Waals surface area contributed by atoms with Crippen LogP contribution in [0, 0.1) is 5.82 Å². The second-order valence-electron chi connectivity index (χ2n) is 5.93. The Morgan fingerprint density at radius 1 is 1.23 bits per heavy atom. The molecule has 0 unspecified atom stereocenters. The van der Waals surface area contributed by atoms with Crippen LogP contribution in [0.1, 0.15) is 12.5 Å². The lowest BCUT2D eigenvalue weighted by atomic mass is 10.1. The fourth-order valence-electron chi connectivity index (χ4n) is 2.26. The number of hydrazone groups is 1. The van der Waals surface area contributed by atoms with E-state index in [-0.39, 0.29) is 28.4 Å². The molecule has 3 aromatic rings. The molecule has 8 nitrogen and oxygen atoms in total. The van der Waals surface area contributed by atoms with Crippen LogP contribution in [-0.2, 0) is 4.79 Å². The van der Waals surface area contributed by atoms with E-state index in [2.05, 4.69) is 26.0 Å². The highest BCUT2D eigenvalue weighted by Crippen LogP contribution is 2.29. The second-order valence-corrected chi connectivity index (χ2v) is 7.66. The molecule has 0 saturated carbocycles. The summed E-state index contributed by atoms with van der Waals surface area (Å²) in [6.07, 6.45) is 0. The van der Waals surface area contributed by atoms with Crippen molar-refractivity contribution in [3.05, 3.63) is 63.9 Å². The molecule has 3 rings (SSSR count). The topological polar surface area (TPSA) is 110 Å². The van der Waals surface area contributed by atoms with Gasteiger partial charge in [-0.1, -0.05) is 53.2 Å². The van der Waals surface area contributed by atoms with Gasteiger partial charge in [-0.3, -0.25) is 4.79 Å². The van der Waals surface area contributed by atoms with Crippen LogP contribution < -0.4 is 16.6 Å². The van der Waals surface area contributed by atoms with Gasteiger partial charge in [0.05, 0.1) is 27.2 Å². The lowest BCUT2D eigenvalue weighted by Crippen LogP contribution is -2.17. The van der Waals surface area contributed by atoms with E-state index in [1.165, 1.54) is 16.8 Å². The minimum atomic E-state index is -0.329. The molecule has 0 fully saturated rings. The summed E-state index contributed by atoms with van der Waals surface area (Å²) < 4.78 is 14.2. The van der Waals surface area contributed by atoms with Crippen LogP contribution >= 0.6 is 35.0 Å². The Balaban J connectivity index is 1.58. The number of benzene rings is 2. The van der Waals surface area contributed by atoms with Crippen LogP contribution in [0.2, 0.25) is 10.0 Å². The number of hydrogen-bond donors (Lipinski definition) is 3. The first kappa shape index (κ1) is 21.9. The van der Waals surface area contributed by atoms with E-state index in [1.807, 2.05) is 0 Å². The fourth-order valence-corrected chi connectivity index (χ4v) is 3.26. The minimum absolute atomic E-state index is 0.0239. The molecule has 1 aromatic heterocycles. The van der Waals surface area contributed by atoms with Crippen molar-refractivity contribution in [1.29, 1.82) is 0 Å². The van der Waals surface area contributed by atoms with Gasteiger partial charge in [-0.15, -0.1) is 10.2 Å². The number of hydrogen-bond acceptors (Lipinski definition) is 7. The van der Waals surface area contributed by atoms with E-state index in [4.69, 9.17) is 29.0 Å². The largest absolute Gasteiger partial charge is 0.334 e. The Bertz CT molecular complexity index is 1090. The van der Waals surface area contributed by atoms with E-state index in [0.29, 0.717) is 21.6 Å². The van der Waals surface area contributed by atoms with E-state index in [1.54, 1.807) is 37.3 Å². The Labute approximate surface area is 185 Å². The molecule has 0 saturated heterocycles. The van der Waals surface area contributed by atoms with Crippen LogP contribution in [0.15, 0.2) is 52.7 Å². The van der Waals surface area contributed by atoms with E-state index in [9.17, 15) is 9.18 Å². The molecular weight excluding hydrogens is 452 g/mol. The van der Waals surface area contributed by atoms with Crippen molar-refractivity contribution < 1.29 is 9.18 Å². The molecule has 12 heteroatoms. The van der Waals surface area contributed by atoms with Crippen molar-refractivity contribution in [2.45, 2.75) is 12.1 Å². The lowest BCUT2D eigenvalue weighted by Gasteiger charge is -2.08. The van der Waals surface area contributed by atoms with Crippen LogP contribution in [0.3, 0.4) is 0 Å². The van der Waals surface area contributed by atoms with Crippen LogP contribution in [0.4, 0.5) is 16.0 Å². The molecule has 156 valence electrons. The molecule has 0 spiro atoms. The second kappa shape index (κ2) is 9.79. The van der Waals surface area contributed by atoms with Crippen LogP contribution in [0.5, 0.6) is 0 Å². The number of nitrogens with zero attached hydrogens (tertiary/aromatic N) is 4. The van der Waals surface area contributed by atoms with Crippen molar-refractivity contribution in [3.8, 4) is 0 Å². The number of anilines is 2. The molecule has 2 aromatic carbocycles. The van der Waals surface area contributed by atoms with E-state index < -0.39 is 0 Å². The van der Waals surface area contributed by atoms with E-state index in [0.717, 1.165) is 17.3 Å². The van der Waals surface area contributed by atoms with Gasteiger partial charge in [0, 0.05) is 0 Å². The molecule has 4 N–H and O–H groups in total. The minimum Gasteiger partial charge on any atom is -0.334 e. The van der Waals surface area contributed by atoms with Crippen molar-refractivity contribution in [2.75, 3.05) is 22.3 Å². The zero-order chi connectivity index (χ0) is 21.7. The molecule has 0 bridgehead atoms. The monoisotopic (exact) mass is 467 g/mol. The third-order valence-electron chi connectivity index (χ3n) is 3.81. The average molecular weight is 468 g/mol. The summed E-state index contributed by atoms with van der Waals surface area (Å²) in [7, 11) is 0. The predicted octanol–water partition coefficient (Wildman–Crippen LogP) is 4.00. The Morgan fingerprint density at radius 2 is 1.97 bits per heavy atom. The first-order valence-electron chi connectivity index (χ1n) is 8.48. The highest BCUT2D eigenvalue weighted by Gasteiger charge is 2.13. The number of carbonyl (C=O) groups is 1. The van der Waals surface area contributed by atoms with Crippen LogP contribution in [-0.4, -0.2) is 32.2 Å². The number of amides is 1. The van der Waals surface area contributed by atoms with Gasteiger partial charge >= 0.3 is 0 Å². The van der Waals surface area contributed by atoms with Gasteiger partial charge in [0.2, 0.25) is 11.1 Å². The molecule has 1 heterocycles. The normalized spacial score (nSPS) is 11.4. The summed E-state index contributed by atoms with van der Waals surface area (Å²) in [5.74, 6) is 5.51. The van der Waals surface area contributed by atoms with Gasteiger partial charge in [0.1, 0.15) is 5.82 Å². The summed E-state index contributed by atoms with van der Waals surface area (Å²) in [5.41, 5.74) is 4.45. The molecule has 0 aliphatic carbocycles. The Kier molecular flexibility index (Phi) is 7.14. The number of nitrogens with one attached hydrogen (secondary N) is 2. The lowest BCUT2D eigenvalue weighted by molar-refractivity contribution is -0.113. The van der Waals surface area contributed by atoms with Crippen LogP contribution in [0.25, 0.3) is 0 Å². The van der Waals surface area contributed by atoms with Crippen molar-refractivity contribution in [2.24, 2.45) is 5.10 Å². The molecule has 0 atom stereocenters. The fraction of sp³-hybridized carbons (Fsp3) is 0.111. The number of nitrogens with two attached hydrogens (primary N) is 1. The molecule has 1 amide bonds. The number of nitrogen functional groups attached to an aromatic ring is 1. The number of rotatable bonds is 7. The first-order valence-corrected chi connectivity index (χ1v) is 10.2. The maximum Gasteiger partial charge on any atom is 0.264 e. The first-order chi connectivity index (χ1) is 14.3. The maximum absolute atomic E-state index is 13.0. The van der Waals surface area contributed by atoms with Gasteiger partial charge in [-0.05, 0) is 36.8 Å². The summed E-state index contributed by atoms with van der Waals surface area (Å²) in [4.78, 5) is 12.2. The number of aromatic nitrogens is 3. The van der Waals surface area contributed by atoms with Crippen molar-refractivity contribution in [3.63, 3.8) is 0 Å². The summed E-state index contributed by atoms with van der Waals surface area (Å²) in [6.45, 7) is 1.75. The zero-order valence-corrected chi connectivity index (χ0v) is 17.9. The Morgan fingerprint density at radius 3 is 2.70 bits per heavy atom. The number of carbonyl (C=O) groups excluding carboxylic acids is 1. The quantitative estimate of drug-likeness (QED) is 0.209.